The number of fused-ring (bicyclic) bond motifs is 1. The summed E-state index contributed by atoms with van der Waals surface area (Å²) in [6.07, 6.45) is 2.15. The number of carbonyl (C=O) groups excluding carboxylic acids is 1. The number of hydrogen-bond donors (Lipinski definition) is 1. The number of aryl methyl sites for hydroxylation is 1. The molecule has 4 heteroatoms. The Morgan fingerprint density at radius 1 is 1.20 bits per heavy atom. The molecule has 0 saturated heterocycles. The molecule has 2 heterocycles. The summed E-state index contributed by atoms with van der Waals surface area (Å²) in [4.78, 5) is 15.2. The van der Waals surface area contributed by atoms with Crippen molar-refractivity contribution < 1.29 is 4.79 Å². The van der Waals surface area contributed by atoms with Crippen LogP contribution in [0.2, 0.25) is 0 Å². The Hall–Kier alpha value is -2.23. The largest absolute Gasteiger partial charge is 0.361 e. The van der Waals surface area contributed by atoms with Crippen LogP contribution in [0, 0.1) is 19.8 Å². The molecular formula is C21H27N3O. The van der Waals surface area contributed by atoms with Gasteiger partial charge in [0.25, 0.3) is 5.91 Å². The first kappa shape index (κ1) is 16.2. The molecule has 0 unspecified atom stereocenters. The minimum absolute atomic E-state index is 0.0676. The number of rotatable bonds is 4. The van der Waals surface area contributed by atoms with Crippen molar-refractivity contribution in [1.29, 1.82) is 0 Å². The number of aromatic nitrogens is 1. The first-order valence-corrected chi connectivity index (χ1v) is 9.32. The van der Waals surface area contributed by atoms with Crippen molar-refractivity contribution in [3.05, 3.63) is 52.8 Å². The van der Waals surface area contributed by atoms with Crippen molar-refractivity contribution in [3.8, 4) is 0 Å². The fourth-order valence-corrected chi connectivity index (χ4v) is 3.98. The number of amides is 1. The molecule has 0 radical (unpaired) electrons. The Kier molecular flexibility index (Phi) is 3.86. The molecule has 4 nitrogen and oxygen atoms in total. The van der Waals surface area contributed by atoms with Gasteiger partial charge in [-0.25, -0.2) is 0 Å². The van der Waals surface area contributed by atoms with Gasteiger partial charge in [0, 0.05) is 35.2 Å². The quantitative estimate of drug-likeness (QED) is 0.892. The van der Waals surface area contributed by atoms with Crippen molar-refractivity contribution in [2.45, 2.75) is 59.3 Å². The number of nitrogens with zero attached hydrogens (tertiary/aromatic N) is 2. The van der Waals surface area contributed by atoms with Crippen molar-refractivity contribution in [2.75, 3.05) is 5.32 Å². The van der Waals surface area contributed by atoms with E-state index in [1.54, 1.807) is 0 Å². The average molecular weight is 337 g/mol. The molecule has 1 amide bonds. The first-order valence-electron chi connectivity index (χ1n) is 9.32. The number of hydrogen-bond acceptors (Lipinski definition) is 2. The predicted octanol–water partition coefficient (Wildman–Crippen LogP) is 4.49. The third-order valence-corrected chi connectivity index (χ3v) is 5.36. The predicted molar refractivity (Wildman–Crippen MR) is 101 cm³/mol. The molecule has 25 heavy (non-hydrogen) atoms. The van der Waals surface area contributed by atoms with Crippen molar-refractivity contribution >= 4 is 11.6 Å². The van der Waals surface area contributed by atoms with E-state index in [9.17, 15) is 4.79 Å². The lowest BCUT2D eigenvalue weighted by Gasteiger charge is -2.38. The maximum atomic E-state index is 13.1. The van der Waals surface area contributed by atoms with Crippen LogP contribution in [-0.2, 0) is 6.54 Å². The Labute approximate surface area is 149 Å². The Morgan fingerprint density at radius 3 is 2.60 bits per heavy atom. The third-order valence-electron chi connectivity index (χ3n) is 5.36. The van der Waals surface area contributed by atoms with Crippen molar-refractivity contribution in [1.82, 2.24) is 9.47 Å². The number of para-hydroxylation sites is 1. The molecule has 1 aliphatic heterocycles. The maximum absolute atomic E-state index is 13.1. The minimum Gasteiger partial charge on any atom is -0.361 e. The molecule has 1 aromatic heterocycles. The third kappa shape index (κ3) is 2.74. The summed E-state index contributed by atoms with van der Waals surface area (Å²) in [5, 5.41) is 3.64. The fourth-order valence-electron chi connectivity index (χ4n) is 3.98. The van der Waals surface area contributed by atoms with Crippen LogP contribution < -0.4 is 5.32 Å². The summed E-state index contributed by atoms with van der Waals surface area (Å²) >= 11 is 0. The van der Waals surface area contributed by atoms with Crippen molar-refractivity contribution in [3.63, 3.8) is 0 Å². The summed E-state index contributed by atoms with van der Waals surface area (Å²) < 4.78 is 2.39. The molecule has 1 aromatic carbocycles. The van der Waals surface area contributed by atoms with E-state index in [2.05, 4.69) is 48.5 Å². The van der Waals surface area contributed by atoms with Gasteiger partial charge in [-0.1, -0.05) is 26.0 Å². The standard InChI is InChI=1S/C21H27N3O/c1-13(2)12-23-14(3)11-18(15(23)4)20-22-19-8-6-5-7-17(19)21(25)24(20)16-9-10-16/h5-8,11,13,16,20,22H,9-10,12H2,1-4H3/t20-/m0/s1. The highest BCUT2D eigenvalue weighted by Crippen LogP contribution is 2.42. The van der Waals surface area contributed by atoms with E-state index in [0.29, 0.717) is 12.0 Å². The van der Waals surface area contributed by atoms with Gasteiger partial charge in [0.2, 0.25) is 0 Å². The second kappa shape index (κ2) is 5.94. The van der Waals surface area contributed by atoms with E-state index in [-0.39, 0.29) is 12.1 Å². The van der Waals surface area contributed by atoms with Gasteiger partial charge in [0.15, 0.2) is 0 Å². The zero-order valence-electron chi connectivity index (χ0n) is 15.5. The van der Waals surface area contributed by atoms with Crippen LogP contribution in [0.5, 0.6) is 0 Å². The maximum Gasteiger partial charge on any atom is 0.258 e. The molecule has 0 spiro atoms. The minimum atomic E-state index is -0.0676. The summed E-state index contributed by atoms with van der Waals surface area (Å²) in [7, 11) is 0. The monoisotopic (exact) mass is 337 g/mol. The molecule has 1 N–H and O–H groups in total. The molecule has 1 aliphatic carbocycles. The van der Waals surface area contributed by atoms with Gasteiger partial charge in [-0.15, -0.1) is 0 Å². The van der Waals surface area contributed by atoms with Gasteiger partial charge in [-0.2, -0.15) is 0 Å². The Morgan fingerprint density at radius 2 is 1.92 bits per heavy atom. The van der Waals surface area contributed by atoms with Gasteiger partial charge in [0.05, 0.1) is 5.56 Å². The molecule has 132 valence electrons. The molecule has 1 fully saturated rings. The topological polar surface area (TPSA) is 37.3 Å². The molecule has 1 atom stereocenters. The highest BCUT2D eigenvalue weighted by Gasteiger charge is 2.42. The lowest BCUT2D eigenvalue weighted by atomic mass is 10.0. The summed E-state index contributed by atoms with van der Waals surface area (Å²) in [6.45, 7) is 9.85. The van der Waals surface area contributed by atoms with Gasteiger partial charge in [-0.05, 0) is 50.8 Å². The smallest absolute Gasteiger partial charge is 0.258 e. The second-order valence-electron chi connectivity index (χ2n) is 7.87. The van der Waals surface area contributed by atoms with Gasteiger partial charge < -0.3 is 14.8 Å². The second-order valence-corrected chi connectivity index (χ2v) is 7.87. The molecule has 2 aromatic rings. The van der Waals surface area contributed by atoms with E-state index in [1.807, 2.05) is 24.3 Å². The molecular weight excluding hydrogens is 310 g/mol. The Balaban J connectivity index is 1.78. The van der Waals surface area contributed by atoms with Crippen LogP contribution in [0.1, 0.15) is 60.2 Å². The van der Waals surface area contributed by atoms with E-state index in [1.165, 1.54) is 17.0 Å². The van der Waals surface area contributed by atoms with Crippen molar-refractivity contribution in [2.24, 2.45) is 5.92 Å². The highest BCUT2D eigenvalue weighted by molar-refractivity contribution is 6.02. The van der Waals surface area contributed by atoms with E-state index < -0.39 is 0 Å². The van der Waals surface area contributed by atoms with Gasteiger partial charge in [-0.3, -0.25) is 4.79 Å². The number of anilines is 1. The lowest BCUT2D eigenvalue weighted by Crippen LogP contribution is -2.44. The van der Waals surface area contributed by atoms with Gasteiger partial charge >= 0.3 is 0 Å². The normalized spacial score (nSPS) is 20.0. The van der Waals surface area contributed by atoms with Crippen LogP contribution in [-0.4, -0.2) is 21.4 Å². The van der Waals surface area contributed by atoms with Gasteiger partial charge in [0.1, 0.15) is 6.17 Å². The van der Waals surface area contributed by atoms with Crippen LogP contribution >= 0.6 is 0 Å². The van der Waals surface area contributed by atoms with Crippen LogP contribution in [0.3, 0.4) is 0 Å². The Bertz CT molecular complexity index is 817. The lowest BCUT2D eigenvalue weighted by molar-refractivity contribution is 0.0666. The average Bonchev–Trinajstić information content (AvgIpc) is 3.37. The summed E-state index contributed by atoms with van der Waals surface area (Å²) in [6, 6.07) is 10.5. The number of benzene rings is 1. The first-order chi connectivity index (χ1) is 12.0. The zero-order valence-corrected chi connectivity index (χ0v) is 15.5. The molecule has 2 aliphatic rings. The van der Waals surface area contributed by atoms with Crippen LogP contribution in [0.4, 0.5) is 5.69 Å². The zero-order chi connectivity index (χ0) is 17.7. The summed E-state index contributed by atoms with van der Waals surface area (Å²) in [5.41, 5.74) is 5.50. The van der Waals surface area contributed by atoms with Crippen LogP contribution in [0.25, 0.3) is 0 Å². The fraction of sp³-hybridized carbons (Fsp3) is 0.476. The molecule has 1 saturated carbocycles. The SMILES string of the molecule is Cc1cc([C@H]2Nc3ccccc3C(=O)N2C2CC2)c(C)n1CC(C)C. The number of carbonyl (C=O) groups is 1. The highest BCUT2D eigenvalue weighted by atomic mass is 16.2. The van der Waals surface area contributed by atoms with E-state index in [0.717, 1.165) is 30.6 Å². The number of nitrogens with one attached hydrogen (secondary N) is 1. The molecule has 4 rings (SSSR count). The summed E-state index contributed by atoms with van der Waals surface area (Å²) in [5.74, 6) is 0.759. The molecule has 0 bridgehead atoms. The van der Waals surface area contributed by atoms with Crippen LogP contribution in [0.15, 0.2) is 30.3 Å². The van der Waals surface area contributed by atoms with E-state index >= 15 is 0 Å². The van der Waals surface area contributed by atoms with E-state index in [4.69, 9.17) is 0 Å².